The van der Waals surface area contributed by atoms with Crippen LogP contribution in [-0.4, -0.2) is 35.0 Å². The number of sulfonamides is 1. The second-order valence-corrected chi connectivity index (χ2v) is 7.56. The summed E-state index contributed by atoms with van der Waals surface area (Å²) >= 11 is 0. The molecule has 148 valence electrons. The molecule has 0 aromatic heterocycles. The van der Waals surface area contributed by atoms with E-state index in [2.05, 4.69) is 0 Å². The van der Waals surface area contributed by atoms with Crippen molar-refractivity contribution in [2.24, 2.45) is 0 Å². The SMILES string of the molecule is COCCOc1ccc(F)c(F)c1CN(c1ccc(F)c(N)c1)S(C)(=O)=O. The van der Waals surface area contributed by atoms with Crippen molar-refractivity contribution < 1.29 is 31.1 Å². The fourth-order valence-corrected chi connectivity index (χ4v) is 3.18. The Morgan fingerprint density at radius 1 is 1.07 bits per heavy atom. The van der Waals surface area contributed by atoms with E-state index in [1.165, 1.54) is 19.2 Å². The second kappa shape index (κ2) is 8.49. The Morgan fingerprint density at radius 3 is 2.33 bits per heavy atom. The highest BCUT2D eigenvalue weighted by molar-refractivity contribution is 7.92. The van der Waals surface area contributed by atoms with Crippen LogP contribution in [0.25, 0.3) is 0 Å². The molecule has 0 spiro atoms. The summed E-state index contributed by atoms with van der Waals surface area (Å²) in [7, 11) is -2.49. The summed E-state index contributed by atoms with van der Waals surface area (Å²) in [5.74, 6) is -3.16. The minimum atomic E-state index is -3.93. The van der Waals surface area contributed by atoms with E-state index in [1.54, 1.807) is 0 Å². The van der Waals surface area contributed by atoms with Crippen LogP contribution in [0.5, 0.6) is 5.75 Å². The average Bonchev–Trinajstić information content (AvgIpc) is 2.59. The maximum atomic E-state index is 14.4. The molecular formula is C17H19F3N2O4S. The summed E-state index contributed by atoms with van der Waals surface area (Å²) in [4.78, 5) is 0. The van der Waals surface area contributed by atoms with Crippen LogP contribution in [0.4, 0.5) is 24.5 Å². The summed E-state index contributed by atoms with van der Waals surface area (Å²) < 4.78 is 76.9. The van der Waals surface area contributed by atoms with Crippen LogP contribution in [-0.2, 0) is 21.3 Å². The fraction of sp³-hybridized carbons (Fsp3) is 0.294. The highest BCUT2D eigenvalue weighted by Crippen LogP contribution is 2.30. The number of halogens is 3. The topological polar surface area (TPSA) is 81.9 Å². The Balaban J connectivity index is 2.48. The number of nitrogens with two attached hydrogens (primary N) is 1. The zero-order chi connectivity index (χ0) is 20.2. The van der Waals surface area contributed by atoms with Gasteiger partial charge in [0, 0.05) is 7.11 Å². The predicted molar refractivity (Wildman–Crippen MR) is 95.6 cm³/mol. The lowest BCUT2D eigenvalue weighted by Crippen LogP contribution is -2.30. The Hall–Kier alpha value is -2.46. The molecule has 0 unspecified atom stereocenters. The highest BCUT2D eigenvalue weighted by Gasteiger charge is 2.24. The van der Waals surface area contributed by atoms with Crippen molar-refractivity contribution in [3.05, 3.63) is 53.3 Å². The molecule has 6 nitrogen and oxygen atoms in total. The number of hydrogen-bond donors (Lipinski definition) is 1. The Bertz CT molecular complexity index is 923. The minimum absolute atomic E-state index is 0.00269. The van der Waals surface area contributed by atoms with Gasteiger partial charge in [-0.05, 0) is 30.3 Å². The number of methoxy groups -OCH3 is 1. The van der Waals surface area contributed by atoms with Crippen molar-refractivity contribution in [2.75, 3.05) is 36.6 Å². The molecule has 0 saturated heterocycles. The van der Waals surface area contributed by atoms with Gasteiger partial charge in [0.25, 0.3) is 0 Å². The van der Waals surface area contributed by atoms with Crippen molar-refractivity contribution >= 4 is 21.4 Å². The van der Waals surface area contributed by atoms with E-state index < -0.39 is 34.0 Å². The standard InChI is InChI=1S/C17H19F3N2O4S/c1-25-7-8-26-16-6-5-14(19)17(20)12(16)10-22(27(2,23)24)11-3-4-13(18)15(21)9-11/h3-6,9H,7-8,10,21H2,1-2H3. The summed E-state index contributed by atoms with van der Waals surface area (Å²) in [6, 6.07) is 5.33. The van der Waals surface area contributed by atoms with E-state index in [0.717, 1.165) is 28.8 Å². The van der Waals surface area contributed by atoms with E-state index in [-0.39, 0.29) is 35.9 Å². The zero-order valence-electron chi connectivity index (χ0n) is 14.7. The van der Waals surface area contributed by atoms with Gasteiger partial charge in [-0.1, -0.05) is 0 Å². The maximum absolute atomic E-state index is 14.4. The molecule has 2 aromatic carbocycles. The van der Waals surface area contributed by atoms with Gasteiger partial charge in [0.05, 0.1) is 36.3 Å². The van der Waals surface area contributed by atoms with E-state index in [1.807, 2.05) is 0 Å². The van der Waals surface area contributed by atoms with E-state index in [0.29, 0.717) is 0 Å². The number of rotatable bonds is 8. The van der Waals surface area contributed by atoms with Crippen molar-refractivity contribution in [1.82, 2.24) is 0 Å². The van der Waals surface area contributed by atoms with Crippen LogP contribution < -0.4 is 14.8 Å². The first-order valence-corrected chi connectivity index (χ1v) is 9.61. The third-order valence-electron chi connectivity index (χ3n) is 3.67. The highest BCUT2D eigenvalue weighted by atomic mass is 32.2. The molecule has 2 rings (SSSR count). The second-order valence-electron chi connectivity index (χ2n) is 5.65. The largest absolute Gasteiger partial charge is 0.491 e. The molecule has 0 radical (unpaired) electrons. The molecule has 10 heteroatoms. The smallest absolute Gasteiger partial charge is 0.232 e. The van der Waals surface area contributed by atoms with Gasteiger partial charge in [-0.3, -0.25) is 4.31 Å². The zero-order valence-corrected chi connectivity index (χ0v) is 15.5. The van der Waals surface area contributed by atoms with Crippen LogP contribution in [0.3, 0.4) is 0 Å². The summed E-state index contributed by atoms with van der Waals surface area (Å²) in [6.45, 7) is -0.324. The number of anilines is 2. The Kier molecular flexibility index (Phi) is 6.55. The molecule has 0 aliphatic rings. The lowest BCUT2D eigenvalue weighted by Gasteiger charge is -2.24. The third kappa shape index (κ3) is 5.04. The number of nitrogens with zero attached hydrogens (tertiary/aromatic N) is 1. The van der Waals surface area contributed by atoms with Gasteiger partial charge < -0.3 is 15.2 Å². The molecule has 0 saturated carbocycles. The number of nitrogen functional groups attached to an aromatic ring is 1. The molecule has 0 aliphatic carbocycles. The lowest BCUT2D eigenvalue weighted by atomic mass is 10.1. The van der Waals surface area contributed by atoms with Crippen molar-refractivity contribution in [3.8, 4) is 5.75 Å². The predicted octanol–water partition coefficient (Wildman–Crippen LogP) is 2.68. The van der Waals surface area contributed by atoms with Gasteiger partial charge in [-0.15, -0.1) is 0 Å². The van der Waals surface area contributed by atoms with Gasteiger partial charge in [-0.2, -0.15) is 0 Å². The van der Waals surface area contributed by atoms with Crippen LogP contribution >= 0.6 is 0 Å². The lowest BCUT2D eigenvalue weighted by molar-refractivity contribution is 0.145. The Labute approximate surface area is 155 Å². The van der Waals surface area contributed by atoms with Crippen LogP contribution in [0.1, 0.15) is 5.56 Å². The normalized spacial score (nSPS) is 11.4. The summed E-state index contributed by atoms with van der Waals surface area (Å²) in [6.07, 6.45) is 0.884. The van der Waals surface area contributed by atoms with Gasteiger partial charge in [-0.25, -0.2) is 21.6 Å². The first-order chi connectivity index (χ1) is 12.6. The molecule has 2 N–H and O–H groups in total. The first-order valence-electron chi connectivity index (χ1n) is 7.76. The number of hydrogen-bond acceptors (Lipinski definition) is 5. The molecule has 0 fully saturated rings. The Morgan fingerprint density at radius 2 is 1.74 bits per heavy atom. The van der Waals surface area contributed by atoms with E-state index >= 15 is 0 Å². The number of benzene rings is 2. The summed E-state index contributed by atoms with van der Waals surface area (Å²) in [5, 5.41) is 0. The van der Waals surface area contributed by atoms with Crippen molar-refractivity contribution in [3.63, 3.8) is 0 Å². The van der Waals surface area contributed by atoms with Crippen LogP contribution in [0, 0.1) is 17.5 Å². The van der Waals surface area contributed by atoms with Gasteiger partial charge in [0.1, 0.15) is 18.2 Å². The summed E-state index contributed by atoms with van der Waals surface area (Å²) in [5.41, 5.74) is 4.91. The van der Waals surface area contributed by atoms with Crippen LogP contribution in [0.15, 0.2) is 30.3 Å². The first kappa shape index (κ1) is 20.8. The van der Waals surface area contributed by atoms with E-state index in [4.69, 9.17) is 15.2 Å². The monoisotopic (exact) mass is 404 g/mol. The van der Waals surface area contributed by atoms with Crippen LogP contribution in [0.2, 0.25) is 0 Å². The molecule has 2 aromatic rings. The molecule has 0 amide bonds. The van der Waals surface area contributed by atoms with Crippen molar-refractivity contribution in [2.45, 2.75) is 6.54 Å². The minimum Gasteiger partial charge on any atom is -0.491 e. The molecule has 27 heavy (non-hydrogen) atoms. The molecule has 0 aliphatic heterocycles. The molecule has 0 atom stereocenters. The van der Waals surface area contributed by atoms with E-state index in [9.17, 15) is 21.6 Å². The van der Waals surface area contributed by atoms with Gasteiger partial charge in [0.15, 0.2) is 11.6 Å². The average molecular weight is 404 g/mol. The maximum Gasteiger partial charge on any atom is 0.232 e. The quantitative estimate of drug-likeness (QED) is 0.540. The van der Waals surface area contributed by atoms with Gasteiger partial charge >= 0.3 is 0 Å². The van der Waals surface area contributed by atoms with Gasteiger partial charge in [0.2, 0.25) is 10.0 Å². The third-order valence-corrected chi connectivity index (χ3v) is 4.81. The molecular weight excluding hydrogens is 385 g/mol. The number of ether oxygens (including phenoxy) is 2. The van der Waals surface area contributed by atoms with Crippen molar-refractivity contribution in [1.29, 1.82) is 0 Å². The molecule has 0 heterocycles. The molecule has 0 bridgehead atoms. The fourth-order valence-electron chi connectivity index (χ4n) is 2.32.